The maximum Gasteiger partial charge on any atom is 0.267 e. The Kier molecular flexibility index (Phi) is 7.91. The zero-order valence-corrected chi connectivity index (χ0v) is 17.0. The van der Waals surface area contributed by atoms with Crippen LogP contribution in [0.2, 0.25) is 0 Å². The monoisotopic (exact) mass is 422 g/mol. The molecule has 162 valence electrons. The number of hydroxylamine groups is 1. The van der Waals surface area contributed by atoms with Crippen LogP contribution in [0.25, 0.3) is 12.2 Å². The molecule has 0 aliphatic heterocycles. The molecular weight excluding hydrogens is 396 g/mol. The second-order valence-electron chi connectivity index (χ2n) is 7.33. The normalized spacial score (nSPS) is 14.1. The molecule has 0 spiro atoms. The van der Waals surface area contributed by atoms with Crippen LogP contribution in [0, 0.1) is 0 Å². The molecule has 1 aliphatic carbocycles. The molecule has 1 saturated carbocycles. The van der Waals surface area contributed by atoms with Crippen LogP contribution in [0.3, 0.4) is 0 Å². The molecule has 0 aromatic heterocycles. The third kappa shape index (κ3) is 7.36. The summed E-state index contributed by atoms with van der Waals surface area (Å²) < 4.78 is 0. The summed E-state index contributed by atoms with van der Waals surface area (Å²) in [6.45, 7) is 0.00521. The first-order valence-corrected chi connectivity index (χ1v) is 10.1. The van der Waals surface area contributed by atoms with Gasteiger partial charge in [-0.05, 0) is 36.1 Å². The molecule has 3 rings (SSSR count). The molecule has 0 radical (unpaired) electrons. The summed E-state index contributed by atoms with van der Waals surface area (Å²) in [4.78, 5) is 36.3. The molecule has 0 unspecified atom stereocenters. The number of hydrogen-bond acceptors (Lipinski definition) is 5. The maximum absolute atomic E-state index is 12.5. The summed E-state index contributed by atoms with van der Waals surface area (Å²) in [5.41, 5.74) is 3.86. The van der Waals surface area contributed by atoms with Gasteiger partial charge in [0.25, 0.3) is 11.8 Å². The lowest BCUT2D eigenvalue weighted by Crippen LogP contribution is -2.52. The van der Waals surface area contributed by atoms with Gasteiger partial charge in [-0.15, -0.1) is 0 Å². The van der Waals surface area contributed by atoms with Crippen molar-refractivity contribution in [1.29, 1.82) is 0 Å². The van der Waals surface area contributed by atoms with Gasteiger partial charge < -0.3 is 16.0 Å². The number of rotatable bonds is 10. The highest BCUT2D eigenvalue weighted by atomic mass is 16.5. The zero-order chi connectivity index (χ0) is 22.1. The van der Waals surface area contributed by atoms with E-state index in [0.717, 1.165) is 24.0 Å². The first kappa shape index (κ1) is 22.2. The van der Waals surface area contributed by atoms with Crippen molar-refractivity contribution in [2.75, 3.05) is 13.1 Å². The van der Waals surface area contributed by atoms with Crippen molar-refractivity contribution in [2.24, 2.45) is 0 Å². The lowest BCUT2D eigenvalue weighted by Gasteiger charge is -2.17. The Balaban J connectivity index is 1.54. The highest BCUT2D eigenvalue weighted by Crippen LogP contribution is 2.17. The Morgan fingerprint density at radius 3 is 2.23 bits per heavy atom. The number of benzene rings is 2. The summed E-state index contributed by atoms with van der Waals surface area (Å²) in [7, 11) is 0. The number of amides is 3. The fourth-order valence-electron chi connectivity index (χ4n) is 2.83. The SMILES string of the molecule is O=C(CNC1CC1)NC[C@H](NC(=O)c1ccc(/C=C/c2ccccc2)cc1)C(=O)NO. The third-order valence-electron chi connectivity index (χ3n) is 4.80. The van der Waals surface area contributed by atoms with E-state index in [1.807, 2.05) is 42.5 Å². The van der Waals surface area contributed by atoms with E-state index in [1.165, 1.54) is 5.48 Å². The highest BCUT2D eigenvalue weighted by molar-refractivity contribution is 5.97. The van der Waals surface area contributed by atoms with E-state index in [0.29, 0.717) is 11.6 Å². The molecule has 0 bridgehead atoms. The minimum absolute atomic E-state index is 0.138. The van der Waals surface area contributed by atoms with Crippen molar-refractivity contribution in [3.05, 3.63) is 71.3 Å². The molecular formula is C23H26N4O4. The Bertz CT molecular complexity index is 924. The predicted molar refractivity (Wildman–Crippen MR) is 117 cm³/mol. The molecule has 1 atom stereocenters. The molecule has 2 aromatic rings. The van der Waals surface area contributed by atoms with Gasteiger partial charge in [0.1, 0.15) is 6.04 Å². The van der Waals surface area contributed by atoms with Crippen LogP contribution in [-0.2, 0) is 9.59 Å². The van der Waals surface area contributed by atoms with E-state index in [9.17, 15) is 14.4 Å². The lowest BCUT2D eigenvalue weighted by atomic mass is 10.1. The number of hydrogen-bond donors (Lipinski definition) is 5. The Labute approximate surface area is 180 Å². The zero-order valence-electron chi connectivity index (χ0n) is 17.0. The molecule has 1 aliphatic rings. The van der Waals surface area contributed by atoms with Crippen molar-refractivity contribution >= 4 is 29.9 Å². The van der Waals surface area contributed by atoms with Crippen LogP contribution in [-0.4, -0.2) is 48.1 Å². The van der Waals surface area contributed by atoms with Crippen molar-refractivity contribution in [3.63, 3.8) is 0 Å². The number of carbonyl (C=O) groups excluding carboxylic acids is 3. The second-order valence-corrected chi connectivity index (χ2v) is 7.33. The standard InChI is InChI=1S/C23H26N4O4/c28-21(15-24-19-12-13-19)25-14-20(23(30)27-31)26-22(29)18-10-8-17(9-11-18)7-6-16-4-2-1-3-5-16/h1-11,19-20,24,31H,12-15H2,(H,25,28)(H,26,29)(H,27,30)/b7-6+/t20-/m0/s1. The molecule has 8 nitrogen and oxygen atoms in total. The Morgan fingerprint density at radius 1 is 0.968 bits per heavy atom. The van der Waals surface area contributed by atoms with E-state index in [4.69, 9.17) is 5.21 Å². The lowest BCUT2D eigenvalue weighted by molar-refractivity contribution is -0.131. The quantitative estimate of drug-likeness (QED) is 0.225. The first-order chi connectivity index (χ1) is 15.0. The van der Waals surface area contributed by atoms with Gasteiger partial charge in [-0.2, -0.15) is 0 Å². The van der Waals surface area contributed by atoms with Crippen LogP contribution < -0.4 is 21.4 Å². The van der Waals surface area contributed by atoms with Gasteiger partial charge in [0.2, 0.25) is 5.91 Å². The van der Waals surface area contributed by atoms with E-state index < -0.39 is 17.9 Å². The number of carbonyl (C=O) groups is 3. The van der Waals surface area contributed by atoms with Gasteiger partial charge in [0.15, 0.2) is 0 Å². The summed E-state index contributed by atoms with van der Waals surface area (Å²) in [6, 6.07) is 16.0. The highest BCUT2D eigenvalue weighted by Gasteiger charge is 2.23. The average Bonchev–Trinajstić information content (AvgIpc) is 3.64. The van der Waals surface area contributed by atoms with Crippen molar-refractivity contribution < 1.29 is 19.6 Å². The first-order valence-electron chi connectivity index (χ1n) is 10.1. The minimum Gasteiger partial charge on any atom is -0.352 e. The van der Waals surface area contributed by atoms with Crippen molar-refractivity contribution in [2.45, 2.75) is 24.9 Å². The molecule has 3 amide bonds. The smallest absolute Gasteiger partial charge is 0.267 e. The molecule has 8 heteroatoms. The van der Waals surface area contributed by atoms with E-state index in [1.54, 1.807) is 24.3 Å². The summed E-state index contributed by atoms with van der Waals surface area (Å²) in [5.74, 6) is -1.59. The molecule has 0 heterocycles. The summed E-state index contributed by atoms with van der Waals surface area (Å²) >= 11 is 0. The molecule has 1 fully saturated rings. The minimum atomic E-state index is -1.11. The third-order valence-corrected chi connectivity index (χ3v) is 4.80. The summed E-state index contributed by atoms with van der Waals surface area (Å²) in [6.07, 6.45) is 6.02. The largest absolute Gasteiger partial charge is 0.352 e. The van der Waals surface area contributed by atoms with Crippen LogP contribution >= 0.6 is 0 Å². The predicted octanol–water partition coefficient (Wildman–Crippen LogP) is 1.33. The molecule has 5 N–H and O–H groups in total. The van der Waals surface area contributed by atoms with E-state index in [-0.39, 0.29) is 19.0 Å². The van der Waals surface area contributed by atoms with Gasteiger partial charge in [0.05, 0.1) is 6.54 Å². The van der Waals surface area contributed by atoms with Gasteiger partial charge in [-0.3, -0.25) is 19.6 Å². The molecule has 0 saturated heterocycles. The van der Waals surface area contributed by atoms with E-state index >= 15 is 0 Å². The Hall–Kier alpha value is -3.49. The fraction of sp³-hybridized carbons (Fsp3) is 0.261. The van der Waals surface area contributed by atoms with Crippen molar-refractivity contribution in [1.82, 2.24) is 21.4 Å². The van der Waals surface area contributed by atoms with E-state index in [2.05, 4.69) is 16.0 Å². The van der Waals surface area contributed by atoms with Gasteiger partial charge >= 0.3 is 0 Å². The number of nitrogens with one attached hydrogen (secondary N) is 4. The van der Waals surface area contributed by atoms with Crippen LogP contribution in [0.15, 0.2) is 54.6 Å². The molecule has 2 aromatic carbocycles. The van der Waals surface area contributed by atoms with Crippen LogP contribution in [0.4, 0.5) is 0 Å². The topological polar surface area (TPSA) is 120 Å². The van der Waals surface area contributed by atoms with Crippen LogP contribution in [0.5, 0.6) is 0 Å². The second kappa shape index (κ2) is 11.1. The van der Waals surface area contributed by atoms with Crippen molar-refractivity contribution in [3.8, 4) is 0 Å². The summed E-state index contributed by atoms with van der Waals surface area (Å²) in [5, 5.41) is 17.1. The molecule has 31 heavy (non-hydrogen) atoms. The van der Waals surface area contributed by atoms with Gasteiger partial charge in [-0.25, -0.2) is 5.48 Å². The van der Waals surface area contributed by atoms with Crippen LogP contribution in [0.1, 0.15) is 34.3 Å². The Morgan fingerprint density at radius 2 is 1.61 bits per heavy atom. The average molecular weight is 422 g/mol. The maximum atomic E-state index is 12.5. The fourth-order valence-corrected chi connectivity index (χ4v) is 2.83. The van der Waals surface area contributed by atoms with Gasteiger partial charge in [-0.1, -0.05) is 54.6 Å². The van der Waals surface area contributed by atoms with Gasteiger partial charge in [0, 0.05) is 18.2 Å².